The molecule has 43 heavy (non-hydrogen) atoms. The number of unbranched alkanes of at least 4 members (excludes halogenated alkanes) is 10. The van der Waals surface area contributed by atoms with Gasteiger partial charge in [-0.25, -0.2) is 10.1 Å². The van der Waals surface area contributed by atoms with Crippen LogP contribution in [-0.2, 0) is 24.0 Å². The number of nitrogens with one attached hydrogen (secondary N) is 2. The van der Waals surface area contributed by atoms with Crippen LogP contribution in [0.25, 0.3) is 0 Å². The monoisotopic (exact) mass is 614 g/mol. The Morgan fingerprint density at radius 1 is 0.535 bits per heavy atom. The van der Waals surface area contributed by atoms with E-state index in [2.05, 4.69) is 24.5 Å². The summed E-state index contributed by atoms with van der Waals surface area (Å²) in [6.45, 7) is 5.72. The molecule has 5 N–H and O–H groups in total. The molecule has 0 aromatic heterocycles. The van der Waals surface area contributed by atoms with E-state index >= 15 is 0 Å². The van der Waals surface area contributed by atoms with Crippen molar-refractivity contribution in [3.63, 3.8) is 0 Å². The van der Waals surface area contributed by atoms with Gasteiger partial charge in [0.25, 0.3) is 0 Å². The summed E-state index contributed by atoms with van der Waals surface area (Å²) in [6, 6.07) is 0. The second-order valence-corrected chi connectivity index (χ2v) is 11.7. The molecular weight excluding hydrogens is 556 g/mol. The Hall–Kier alpha value is -2.73. The van der Waals surface area contributed by atoms with E-state index in [9.17, 15) is 34.4 Å². The average molecular weight is 615 g/mol. The first-order valence-electron chi connectivity index (χ1n) is 16.3. The van der Waals surface area contributed by atoms with Crippen molar-refractivity contribution in [3.05, 3.63) is 0 Å². The Morgan fingerprint density at radius 2 is 0.953 bits per heavy atom. The van der Waals surface area contributed by atoms with Gasteiger partial charge in [0, 0.05) is 51.9 Å². The van der Waals surface area contributed by atoms with E-state index in [1.165, 1.54) is 32.1 Å². The van der Waals surface area contributed by atoms with Crippen molar-refractivity contribution in [2.24, 2.45) is 5.92 Å². The molecule has 250 valence electrons. The first-order chi connectivity index (χ1) is 20.5. The molecule has 0 saturated heterocycles. The highest BCUT2D eigenvalue weighted by atomic mass is 16.5. The van der Waals surface area contributed by atoms with Gasteiger partial charge in [-0.1, -0.05) is 58.8 Å². The van der Waals surface area contributed by atoms with Crippen LogP contribution in [0.15, 0.2) is 0 Å². The van der Waals surface area contributed by atoms with E-state index in [1.807, 2.05) is 0 Å². The topological polar surface area (TPSA) is 177 Å². The maximum absolute atomic E-state index is 12.1. The molecule has 0 heterocycles. The maximum Gasteiger partial charge on any atom is 0.303 e. The second-order valence-electron chi connectivity index (χ2n) is 11.7. The van der Waals surface area contributed by atoms with Crippen LogP contribution in [0.2, 0.25) is 0 Å². The van der Waals surface area contributed by atoms with Gasteiger partial charge in [0.05, 0.1) is 6.42 Å². The highest BCUT2D eigenvalue weighted by molar-refractivity contribution is 5.83. The van der Waals surface area contributed by atoms with Crippen LogP contribution >= 0.6 is 0 Å². The fourth-order valence-corrected chi connectivity index (χ4v) is 4.42. The highest BCUT2D eigenvalue weighted by Crippen LogP contribution is 2.13. The summed E-state index contributed by atoms with van der Waals surface area (Å²) in [5, 5.41) is 35.1. The first-order valence-corrected chi connectivity index (χ1v) is 16.3. The molecule has 0 rings (SSSR count). The zero-order valence-corrected chi connectivity index (χ0v) is 26.6. The van der Waals surface area contributed by atoms with E-state index in [4.69, 9.17) is 5.11 Å². The van der Waals surface area contributed by atoms with E-state index in [0.29, 0.717) is 56.7 Å². The van der Waals surface area contributed by atoms with Gasteiger partial charge in [-0.05, 0) is 50.9 Å². The third-order valence-electron chi connectivity index (χ3n) is 7.12. The fourth-order valence-electron chi connectivity index (χ4n) is 4.42. The molecule has 0 fully saturated rings. The molecule has 12 heteroatoms. The standard InChI is InChI=1S/C31H58N4O8/c1-26(2)16-10-6-4-3-5-7-11-17-29(38)34(42)24-14-8-12-22-32-27(36)18-20-30(39)35(43)25-15-9-13-23-33-28(37)19-21-31(40)41/h26,42-43H,3-25H2,1-2H3,(H,32,36)(H,33,37)(H,40,41). The minimum Gasteiger partial charge on any atom is -0.481 e. The van der Waals surface area contributed by atoms with Crippen molar-refractivity contribution in [3.8, 4) is 0 Å². The summed E-state index contributed by atoms with van der Waals surface area (Å²) >= 11 is 0. The van der Waals surface area contributed by atoms with Crippen molar-refractivity contribution in [1.82, 2.24) is 20.8 Å². The van der Waals surface area contributed by atoms with Gasteiger partial charge < -0.3 is 15.7 Å². The lowest BCUT2D eigenvalue weighted by atomic mass is 10.0. The Kier molecular flexibility index (Phi) is 25.2. The third kappa shape index (κ3) is 26.6. The quantitative estimate of drug-likeness (QED) is 0.0474. The Morgan fingerprint density at radius 3 is 1.44 bits per heavy atom. The van der Waals surface area contributed by atoms with Crippen molar-refractivity contribution < 1.29 is 39.5 Å². The Labute approximate surface area is 257 Å². The molecule has 0 bridgehead atoms. The lowest BCUT2D eigenvalue weighted by Crippen LogP contribution is -2.31. The van der Waals surface area contributed by atoms with E-state index in [-0.39, 0.29) is 56.5 Å². The number of amides is 4. The normalized spacial score (nSPS) is 10.9. The second kappa shape index (κ2) is 26.9. The molecule has 0 aliphatic heterocycles. The molecule has 0 aliphatic carbocycles. The minimum atomic E-state index is -1.02. The number of hydroxylamine groups is 4. The number of hydrogen-bond acceptors (Lipinski definition) is 7. The maximum atomic E-state index is 12.1. The molecule has 0 unspecified atom stereocenters. The van der Waals surface area contributed by atoms with Crippen molar-refractivity contribution >= 4 is 29.6 Å². The average Bonchev–Trinajstić information content (AvgIpc) is 2.96. The lowest BCUT2D eigenvalue weighted by molar-refractivity contribution is -0.166. The molecule has 12 nitrogen and oxygen atoms in total. The van der Waals surface area contributed by atoms with Gasteiger partial charge in [-0.2, -0.15) is 0 Å². The van der Waals surface area contributed by atoms with Crippen LogP contribution < -0.4 is 10.6 Å². The van der Waals surface area contributed by atoms with Gasteiger partial charge in [-0.15, -0.1) is 0 Å². The molecule has 0 aliphatic rings. The smallest absolute Gasteiger partial charge is 0.303 e. The largest absolute Gasteiger partial charge is 0.481 e. The van der Waals surface area contributed by atoms with Gasteiger partial charge in [-0.3, -0.25) is 34.4 Å². The van der Waals surface area contributed by atoms with Gasteiger partial charge in [0.15, 0.2) is 0 Å². The zero-order chi connectivity index (χ0) is 32.3. The summed E-state index contributed by atoms with van der Waals surface area (Å²) in [7, 11) is 0. The highest BCUT2D eigenvalue weighted by Gasteiger charge is 2.13. The predicted octanol–water partition coefficient (Wildman–Crippen LogP) is 4.81. The SMILES string of the molecule is CC(C)CCCCCCCCCC(=O)N(O)CCCCCNC(=O)CCC(=O)N(O)CCCCCNC(=O)CCC(=O)O. The van der Waals surface area contributed by atoms with Crippen LogP contribution in [0, 0.1) is 5.92 Å². The van der Waals surface area contributed by atoms with E-state index in [0.717, 1.165) is 36.7 Å². The Bertz CT molecular complexity index is 794. The lowest BCUT2D eigenvalue weighted by Gasteiger charge is -2.15. The predicted molar refractivity (Wildman–Crippen MR) is 163 cm³/mol. The summed E-state index contributed by atoms with van der Waals surface area (Å²) in [6.07, 6.45) is 13.1. The van der Waals surface area contributed by atoms with Crippen LogP contribution in [0.4, 0.5) is 0 Å². The molecule has 0 radical (unpaired) electrons. The summed E-state index contributed by atoms with van der Waals surface area (Å²) in [4.78, 5) is 57.9. The molecule has 0 spiro atoms. The van der Waals surface area contributed by atoms with Crippen molar-refractivity contribution in [1.29, 1.82) is 0 Å². The molecular formula is C31H58N4O8. The van der Waals surface area contributed by atoms with Crippen LogP contribution in [0.1, 0.15) is 136 Å². The number of carboxylic acids is 1. The minimum absolute atomic E-state index is 0.0324. The van der Waals surface area contributed by atoms with Gasteiger partial charge in [0.2, 0.25) is 23.6 Å². The van der Waals surface area contributed by atoms with Gasteiger partial charge >= 0.3 is 5.97 Å². The van der Waals surface area contributed by atoms with Crippen LogP contribution in [0.3, 0.4) is 0 Å². The number of carbonyl (C=O) groups is 5. The number of nitrogens with zero attached hydrogens (tertiary/aromatic N) is 2. The molecule has 0 aromatic rings. The Balaban J connectivity index is 3.67. The molecule has 4 amide bonds. The number of aliphatic carboxylic acids is 1. The van der Waals surface area contributed by atoms with E-state index in [1.54, 1.807) is 0 Å². The van der Waals surface area contributed by atoms with Crippen LogP contribution in [0.5, 0.6) is 0 Å². The summed E-state index contributed by atoms with van der Waals surface area (Å²) in [5.41, 5.74) is 0. The number of rotatable bonds is 28. The molecule has 0 saturated carbocycles. The third-order valence-corrected chi connectivity index (χ3v) is 7.12. The van der Waals surface area contributed by atoms with Crippen molar-refractivity contribution in [2.45, 2.75) is 136 Å². The number of hydrogen-bond donors (Lipinski definition) is 5. The number of carbonyl (C=O) groups excluding carboxylic acids is 4. The van der Waals surface area contributed by atoms with E-state index < -0.39 is 11.9 Å². The fraction of sp³-hybridized carbons (Fsp3) is 0.839. The molecule has 0 aromatic carbocycles. The summed E-state index contributed by atoms with van der Waals surface area (Å²) in [5.74, 6) is -1.64. The van der Waals surface area contributed by atoms with Crippen molar-refractivity contribution in [2.75, 3.05) is 26.2 Å². The zero-order valence-electron chi connectivity index (χ0n) is 26.6. The summed E-state index contributed by atoms with van der Waals surface area (Å²) < 4.78 is 0. The first kappa shape index (κ1) is 40.3. The van der Waals surface area contributed by atoms with Gasteiger partial charge in [0.1, 0.15) is 0 Å². The number of carboxylic acid groups (broad SMARTS) is 1. The molecule has 0 atom stereocenters. The van der Waals surface area contributed by atoms with Crippen LogP contribution in [-0.4, -0.2) is 81.4 Å².